The van der Waals surface area contributed by atoms with E-state index < -0.39 is 0 Å². The number of halogens is 1. The van der Waals surface area contributed by atoms with Gasteiger partial charge >= 0.3 is 0 Å². The maximum Gasteiger partial charge on any atom is 0.191 e. The van der Waals surface area contributed by atoms with Crippen molar-refractivity contribution in [3.8, 4) is 0 Å². The first kappa shape index (κ1) is 22.7. The van der Waals surface area contributed by atoms with Crippen molar-refractivity contribution in [1.82, 2.24) is 20.5 Å². The highest BCUT2D eigenvalue weighted by molar-refractivity contribution is 14.0. The zero-order valence-corrected chi connectivity index (χ0v) is 20.1. The second kappa shape index (κ2) is 10.4. The van der Waals surface area contributed by atoms with Gasteiger partial charge in [-0.05, 0) is 51.2 Å². The van der Waals surface area contributed by atoms with E-state index in [1.54, 1.807) is 0 Å². The average Bonchev–Trinajstić information content (AvgIpc) is 2.67. The van der Waals surface area contributed by atoms with Gasteiger partial charge in [0.25, 0.3) is 0 Å². The Labute approximate surface area is 192 Å². The number of nitrogens with one attached hydrogen (secondary N) is 2. The third kappa shape index (κ3) is 5.05. The van der Waals surface area contributed by atoms with E-state index >= 15 is 0 Å². The molecule has 162 valence electrons. The number of aliphatic imine (C=N–C) groups is 1. The lowest BCUT2D eigenvalue weighted by Crippen LogP contribution is -2.69. The summed E-state index contributed by atoms with van der Waals surface area (Å²) in [4.78, 5) is 11.5. The van der Waals surface area contributed by atoms with Gasteiger partial charge in [-0.25, -0.2) is 0 Å². The standard InChI is InChI=1S/C22H35N5O.HI/c1-3-28-20-15-19(22(20)10-6-11-22)26-21(23-2)25-17-8-13-27(14-9-17)16-18-7-4-5-12-24-18;/h4-5,7,12,17,19-20H,3,6,8-11,13-16H2,1-2H3,(H2,23,25,26);1H. The van der Waals surface area contributed by atoms with Crippen molar-refractivity contribution in [2.24, 2.45) is 10.4 Å². The monoisotopic (exact) mass is 513 g/mol. The number of rotatable bonds is 6. The molecule has 4 rings (SSSR count). The minimum Gasteiger partial charge on any atom is -0.378 e. The van der Waals surface area contributed by atoms with Gasteiger partial charge in [0, 0.05) is 57.0 Å². The molecule has 3 aliphatic rings. The molecule has 2 N–H and O–H groups in total. The van der Waals surface area contributed by atoms with E-state index in [0.717, 1.165) is 57.2 Å². The van der Waals surface area contributed by atoms with Gasteiger partial charge in [-0.15, -0.1) is 24.0 Å². The Morgan fingerprint density at radius 2 is 2.07 bits per heavy atom. The molecule has 0 radical (unpaired) electrons. The van der Waals surface area contributed by atoms with Crippen molar-refractivity contribution in [2.45, 2.75) is 70.2 Å². The molecule has 0 aromatic carbocycles. The van der Waals surface area contributed by atoms with Gasteiger partial charge in [-0.2, -0.15) is 0 Å². The zero-order chi connectivity index (χ0) is 19.4. The normalized spacial score (nSPS) is 26.9. The molecule has 1 spiro atoms. The lowest BCUT2D eigenvalue weighted by Gasteiger charge is -2.61. The number of pyridine rings is 1. The Kier molecular flexibility index (Phi) is 8.15. The van der Waals surface area contributed by atoms with Crippen LogP contribution in [0.5, 0.6) is 0 Å². The van der Waals surface area contributed by atoms with Crippen LogP contribution in [0.1, 0.15) is 51.1 Å². The van der Waals surface area contributed by atoms with Crippen LogP contribution in [0.3, 0.4) is 0 Å². The van der Waals surface area contributed by atoms with E-state index in [9.17, 15) is 0 Å². The molecule has 7 heteroatoms. The van der Waals surface area contributed by atoms with E-state index in [4.69, 9.17) is 4.74 Å². The van der Waals surface area contributed by atoms with Crippen LogP contribution in [-0.4, -0.2) is 60.8 Å². The Bertz CT molecular complexity index is 658. The van der Waals surface area contributed by atoms with Crippen LogP contribution in [0.15, 0.2) is 29.4 Å². The summed E-state index contributed by atoms with van der Waals surface area (Å²) in [5, 5.41) is 7.40. The second-order valence-corrected chi connectivity index (χ2v) is 8.55. The molecule has 2 heterocycles. The molecule has 1 aromatic rings. The Balaban J connectivity index is 0.00000240. The zero-order valence-electron chi connectivity index (χ0n) is 17.8. The van der Waals surface area contributed by atoms with Gasteiger partial charge in [-0.3, -0.25) is 14.9 Å². The van der Waals surface area contributed by atoms with Crippen molar-refractivity contribution < 1.29 is 4.74 Å². The fourth-order valence-electron chi connectivity index (χ4n) is 5.13. The first-order chi connectivity index (χ1) is 13.7. The van der Waals surface area contributed by atoms with E-state index in [-0.39, 0.29) is 24.0 Å². The molecule has 0 bridgehead atoms. The highest BCUT2D eigenvalue weighted by Crippen LogP contribution is 2.57. The molecule has 0 amide bonds. The number of hydrogen-bond acceptors (Lipinski definition) is 4. The van der Waals surface area contributed by atoms with Crippen LogP contribution in [0, 0.1) is 5.41 Å². The molecule has 2 unspecified atom stereocenters. The van der Waals surface area contributed by atoms with Gasteiger partial charge in [-0.1, -0.05) is 12.5 Å². The average molecular weight is 513 g/mol. The third-order valence-electron chi connectivity index (χ3n) is 7.01. The van der Waals surface area contributed by atoms with Gasteiger partial charge in [0.1, 0.15) is 0 Å². The summed E-state index contributed by atoms with van der Waals surface area (Å²) in [6.45, 7) is 6.08. The maximum atomic E-state index is 5.98. The van der Waals surface area contributed by atoms with E-state index in [0.29, 0.717) is 23.6 Å². The van der Waals surface area contributed by atoms with Crippen LogP contribution in [0.4, 0.5) is 0 Å². The number of likely N-dealkylation sites (tertiary alicyclic amines) is 1. The Hall–Kier alpha value is -0.930. The van der Waals surface area contributed by atoms with Crippen LogP contribution in [0.2, 0.25) is 0 Å². The third-order valence-corrected chi connectivity index (χ3v) is 7.01. The number of piperidine rings is 1. The quantitative estimate of drug-likeness (QED) is 0.348. The maximum absolute atomic E-state index is 5.98. The molecular formula is C22H36IN5O. The smallest absolute Gasteiger partial charge is 0.191 e. The summed E-state index contributed by atoms with van der Waals surface area (Å²) in [5.41, 5.74) is 1.52. The SMILES string of the molecule is CCOC1CC(NC(=NC)NC2CCN(Cc3ccccn3)CC2)C12CCC2.I. The van der Waals surface area contributed by atoms with Gasteiger partial charge in [0.15, 0.2) is 5.96 Å². The van der Waals surface area contributed by atoms with Crippen molar-refractivity contribution in [3.63, 3.8) is 0 Å². The highest BCUT2D eigenvalue weighted by atomic mass is 127. The van der Waals surface area contributed by atoms with Gasteiger partial charge in [0.2, 0.25) is 0 Å². The van der Waals surface area contributed by atoms with Crippen molar-refractivity contribution >= 4 is 29.9 Å². The summed E-state index contributed by atoms with van der Waals surface area (Å²) in [6, 6.07) is 7.16. The Morgan fingerprint density at radius 3 is 2.66 bits per heavy atom. The van der Waals surface area contributed by atoms with E-state index in [1.807, 2.05) is 19.3 Å². The number of hydrogen-bond donors (Lipinski definition) is 2. The van der Waals surface area contributed by atoms with Gasteiger partial charge < -0.3 is 15.4 Å². The van der Waals surface area contributed by atoms with Crippen molar-refractivity contribution in [3.05, 3.63) is 30.1 Å². The van der Waals surface area contributed by atoms with Crippen LogP contribution >= 0.6 is 24.0 Å². The molecule has 2 aliphatic carbocycles. The summed E-state index contributed by atoms with van der Waals surface area (Å²) in [7, 11) is 1.89. The summed E-state index contributed by atoms with van der Waals surface area (Å²) < 4.78 is 5.98. The highest BCUT2D eigenvalue weighted by Gasteiger charge is 2.59. The molecule has 1 aliphatic heterocycles. The predicted octanol–water partition coefficient (Wildman–Crippen LogP) is 3.18. The predicted molar refractivity (Wildman–Crippen MR) is 128 cm³/mol. The van der Waals surface area contributed by atoms with Crippen molar-refractivity contribution in [2.75, 3.05) is 26.7 Å². The topological polar surface area (TPSA) is 61.8 Å². The summed E-state index contributed by atoms with van der Waals surface area (Å²) in [6.07, 6.45) is 9.63. The van der Waals surface area contributed by atoms with Gasteiger partial charge in [0.05, 0.1) is 11.8 Å². The van der Waals surface area contributed by atoms with Crippen LogP contribution in [-0.2, 0) is 11.3 Å². The fourth-order valence-corrected chi connectivity index (χ4v) is 5.13. The Morgan fingerprint density at radius 1 is 1.28 bits per heavy atom. The molecule has 2 atom stereocenters. The number of nitrogens with zero attached hydrogens (tertiary/aromatic N) is 3. The van der Waals surface area contributed by atoms with E-state index in [2.05, 4.69) is 44.6 Å². The second-order valence-electron chi connectivity index (χ2n) is 8.55. The molecule has 1 saturated heterocycles. The molecule has 2 saturated carbocycles. The van der Waals surface area contributed by atoms with Crippen LogP contribution in [0.25, 0.3) is 0 Å². The van der Waals surface area contributed by atoms with Crippen molar-refractivity contribution in [1.29, 1.82) is 0 Å². The summed E-state index contributed by atoms with van der Waals surface area (Å²) >= 11 is 0. The minimum absolute atomic E-state index is 0. The fraction of sp³-hybridized carbons (Fsp3) is 0.727. The largest absolute Gasteiger partial charge is 0.378 e. The molecule has 3 fully saturated rings. The van der Waals surface area contributed by atoms with E-state index in [1.165, 1.54) is 19.3 Å². The molecule has 6 nitrogen and oxygen atoms in total. The molecule has 1 aromatic heterocycles. The first-order valence-electron chi connectivity index (χ1n) is 11.0. The minimum atomic E-state index is 0. The molecular weight excluding hydrogens is 477 g/mol. The lowest BCUT2D eigenvalue weighted by atomic mass is 9.51. The number of guanidine groups is 1. The first-order valence-corrected chi connectivity index (χ1v) is 11.0. The summed E-state index contributed by atoms with van der Waals surface area (Å²) in [5.74, 6) is 0.967. The number of ether oxygens (including phenoxy) is 1. The lowest BCUT2D eigenvalue weighted by molar-refractivity contribution is -0.168. The molecule has 29 heavy (non-hydrogen) atoms. The van der Waals surface area contributed by atoms with Crippen LogP contribution < -0.4 is 10.6 Å². The number of aromatic nitrogens is 1.